The van der Waals surface area contributed by atoms with E-state index in [-0.39, 0.29) is 0 Å². The Balaban J connectivity index is 0.00000121. The maximum atomic E-state index is 4.37. The first-order valence-electron chi connectivity index (χ1n) is 6.44. The van der Waals surface area contributed by atoms with Crippen molar-refractivity contribution >= 4 is 0 Å². The summed E-state index contributed by atoms with van der Waals surface area (Å²) in [7, 11) is 0. The summed E-state index contributed by atoms with van der Waals surface area (Å²) in [6, 6.07) is 6.07. The molecular formula is C16H25N. The van der Waals surface area contributed by atoms with Crippen LogP contribution in [0.5, 0.6) is 0 Å². The van der Waals surface area contributed by atoms with Gasteiger partial charge in [0.2, 0.25) is 0 Å². The Labute approximate surface area is 106 Å². The van der Waals surface area contributed by atoms with Crippen molar-refractivity contribution in [2.45, 2.75) is 46.5 Å². The fraction of sp³-hybridized carbons (Fsp3) is 0.438. The average Bonchev–Trinajstić information content (AvgIpc) is 2.41. The molecule has 94 valence electrons. The van der Waals surface area contributed by atoms with E-state index in [0.29, 0.717) is 5.92 Å². The Morgan fingerprint density at radius 3 is 2.59 bits per heavy atom. The van der Waals surface area contributed by atoms with Crippen LogP contribution in [0.4, 0.5) is 0 Å². The Hall–Kier alpha value is -1.37. The summed E-state index contributed by atoms with van der Waals surface area (Å²) < 4.78 is 0. The lowest BCUT2D eigenvalue weighted by atomic mass is 9.97. The van der Waals surface area contributed by atoms with Gasteiger partial charge in [0.1, 0.15) is 0 Å². The van der Waals surface area contributed by atoms with Crippen LogP contribution in [-0.4, -0.2) is 4.98 Å². The molecule has 0 spiro atoms. The molecule has 0 amide bonds. The minimum absolute atomic E-state index is 0.413. The maximum absolute atomic E-state index is 4.37. The summed E-state index contributed by atoms with van der Waals surface area (Å²) in [6.07, 6.45) is 8.21. The molecule has 1 aromatic rings. The quantitative estimate of drug-likeness (QED) is 0.506. The molecule has 1 nitrogen and oxygen atoms in total. The van der Waals surface area contributed by atoms with Gasteiger partial charge < -0.3 is 0 Å². The number of unbranched alkanes of at least 4 members (excludes halogenated alkanes) is 1. The van der Waals surface area contributed by atoms with Crippen molar-refractivity contribution in [1.82, 2.24) is 4.98 Å². The minimum Gasteiger partial charge on any atom is -0.261 e. The van der Waals surface area contributed by atoms with E-state index >= 15 is 0 Å². The molecule has 1 unspecified atom stereocenters. The van der Waals surface area contributed by atoms with Gasteiger partial charge >= 0.3 is 0 Å². The van der Waals surface area contributed by atoms with E-state index in [2.05, 4.69) is 37.6 Å². The second-order valence-corrected chi connectivity index (χ2v) is 3.79. The third-order valence-electron chi connectivity index (χ3n) is 2.65. The summed E-state index contributed by atoms with van der Waals surface area (Å²) in [5.74, 6) is 0.413. The van der Waals surface area contributed by atoms with Gasteiger partial charge in [-0.05, 0) is 31.9 Å². The zero-order chi connectivity index (χ0) is 13.1. The molecular weight excluding hydrogens is 206 g/mol. The first kappa shape index (κ1) is 15.6. The predicted octanol–water partition coefficient (Wildman–Crippen LogP) is 5.12. The molecule has 1 aromatic heterocycles. The number of hydrogen-bond donors (Lipinski definition) is 0. The summed E-state index contributed by atoms with van der Waals surface area (Å²) in [4.78, 5) is 4.37. The van der Waals surface area contributed by atoms with E-state index in [0.717, 1.165) is 18.5 Å². The standard InChI is InChI=1S/C14H19N.C2H6/c1-4-5-6-9-12(2)13(3)14-10-7-8-11-15-14;1-2/h4,7-11,13H,1,5-6H2,2-3H3;1-2H3/b12-9+;. The molecule has 0 aromatic carbocycles. The Bertz CT molecular complexity index is 325. The van der Waals surface area contributed by atoms with Crippen molar-refractivity contribution in [3.05, 3.63) is 54.4 Å². The SMILES string of the molecule is C=CCC/C=C(\C)C(C)c1ccccn1.CC. The van der Waals surface area contributed by atoms with Crippen molar-refractivity contribution in [2.75, 3.05) is 0 Å². The van der Waals surface area contributed by atoms with Crippen LogP contribution in [0.2, 0.25) is 0 Å². The summed E-state index contributed by atoms with van der Waals surface area (Å²) >= 11 is 0. The lowest BCUT2D eigenvalue weighted by Crippen LogP contribution is -1.97. The van der Waals surface area contributed by atoms with Crippen molar-refractivity contribution in [2.24, 2.45) is 0 Å². The Morgan fingerprint density at radius 1 is 1.35 bits per heavy atom. The highest BCUT2D eigenvalue weighted by Crippen LogP contribution is 2.21. The highest BCUT2D eigenvalue weighted by Gasteiger charge is 2.07. The van der Waals surface area contributed by atoms with Crippen molar-refractivity contribution in [3.63, 3.8) is 0 Å². The topological polar surface area (TPSA) is 12.9 Å². The molecule has 1 heteroatoms. The first-order valence-corrected chi connectivity index (χ1v) is 6.44. The van der Waals surface area contributed by atoms with Gasteiger partial charge in [0.05, 0.1) is 0 Å². The predicted molar refractivity (Wildman–Crippen MR) is 77.2 cm³/mol. The smallest absolute Gasteiger partial charge is 0.0472 e. The molecule has 0 saturated heterocycles. The number of aromatic nitrogens is 1. The third-order valence-corrected chi connectivity index (χ3v) is 2.65. The molecule has 0 radical (unpaired) electrons. The molecule has 0 saturated carbocycles. The molecule has 0 fully saturated rings. The Kier molecular flexibility index (Phi) is 9.04. The van der Waals surface area contributed by atoms with Gasteiger partial charge in [-0.2, -0.15) is 0 Å². The maximum Gasteiger partial charge on any atom is 0.0472 e. The largest absolute Gasteiger partial charge is 0.261 e. The van der Waals surface area contributed by atoms with Crippen LogP contribution in [0.1, 0.15) is 52.1 Å². The van der Waals surface area contributed by atoms with Crippen LogP contribution in [0.15, 0.2) is 48.7 Å². The van der Waals surface area contributed by atoms with Crippen LogP contribution in [0.25, 0.3) is 0 Å². The summed E-state index contributed by atoms with van der Waals surface area (Å²) in [6.45, 7) is 12.1. The highest BCUT2D eigenvalue weighted by atomic mass is 14.7. The number of pyridine rings is 1. The molecule has 17 heavy (non-hydrogen) atoms. The lowest BCUT2D eigenvalue weighted by Gasteiger charge is -2.11. The van der Waals surface area contributed by atoms with Crippen molar-refractivity contribution in [1.29, 1.82) is 0 Å². The molecule has 0 bridgehead atoms. The highest BCUT2D eigenvalue weighted by molar-refractivity contribution is 5.20. The van der Waals surface area contributed by atoms with E-state index in [9.17, 15) is 0 Å². The normalized spacial score (nSPS) is 12.4. The van der Waals surface area contributed by atoms with E-state index in [1.165, 1.54) is 5.57 Å². The van der Waals surface area contributed by atoms with Crippen molar-refractivity contribution < 1.29 is 0 Å². The van der Waals surface area contributed by atoms with Crippen molar-refractivity contribution in [3.8, 4) is 0 Å². The first-order chi connectivity index (χ1) is 8.25. The Morgan fingerprint density at radius 2 is 2.06 bits per heavy atom. The van der Waals surface area contributed by atoms with Gasteiger partial charge in [-0.1, -0.05) is 44.6 Å². The monoisotopic (exact) mass is 231 g/mol. The van der Waals surface area contributed by atoms with Gasteiger partial charge in [-0.15, -0.1) is 6.58 Å². The number of allylic oxidation sites excluding steroid dienone is 3. The summed E-state index contributed by atoms with van der Waals surface area (Å²) in [5.41, 5.74) is 2.53. The molecule has 0 aliphatic carbocycles. The summed E-state index contributed by atoms with van der Waals surface area (Å²) in [5, 5.41) is 0. The number of nitrogens with zero attached hydrogens (tertiary/aromatic N) is 1. The zero-order valence-electron chi connectivity index (χ0n) is 11.6. The average molecular weight is 231 g/mol. The number of hydrogen-bond acceptors (Lipinski definition) is 1. The second-order valence-electron chi connectivity index (χ2n) is 3.79. The van der Waals surface area contributed by atoms with Crippen LogP contribution >= 0.6 is 0 Å². The van der Waals surface area contributed by atoms with Gasteiger partial charge in [-0.25, -0.2) is 0 Å². The molecule has 1 heterocycles. The van der Waals surface area contributed by atoms with Gasteiger partial charge in [0.25, 0.3) is 0 Å². The van der Waals surface area contributed by atoms with Crippen LogP contribution in [0, 0.1) is 0 Å². The van der Waals surface area contributed by atoms with E-state index in [1.807, 2.05) is 38.3 Å². The fourth-order valence-corrected chi connectivity index (χ4v) is 1.47. The van der Waals surface area contributed by atoms with Gasteiger partial charge in [0, 0.05) is 17.8 Å². The van der Waals surface area contributed by atoms with E-state index in [4.69, 9.17) is 0 Å². The molecule has 0 aliphatic heterocycles. The van der Waals surface area contributed by atoms with Gasteiger partial charge in [0.15, 0.2) is 0 Å². The molecule has 1 atom stereocenters. The minimum atomic E-state index is 0.413. The lowest BCUT2D eigenvalue weighted by molar-refractivity contribution is 0.835. The van der Waals surface area contributed by atoms with Crippen LogP contribution in [-0.2, 0) is 0 Å². The zero-order valence-corrected chi connectivity index (χ0v) is 11.6. The molecule has 0 aliphatic rings. The molecule has 1 rings (SSSR count). The fourth-order valence-electron chi connectivity index (χ4n) is 1.47. The van der Waals surface area contributed by atoms with Gasteiger partial charge in [-0.3, -0.25) is 4.98 Å². The third kappa shape index (κ3) is 6.06. The number of rotatable bonds is 5. The van der Waals surface area contributed by atoms with E-state index in [1.54, 1.807) is 0 Å². The van der Waals surface area contributed by atoms with Crippen LogP contribution < -0.4 is 0 Å². The van der Waals surface area contributed by atoms with Crippen LogP contribution in [0.3, 0.4) is 0 Å². The van der Waals surface area contributed by atoms with E-state index < -0.39 is 0 Å². The molecule has 0 N–H and O–H groups in total. The second kappa shape index (κ2) is 9.83.